The number of rotatable bonds is 3. The highest BCUT2D eigenvalue weighted by molar-refractivity contribution is 7.15. The van der Waals surface area contributed by atoms with E-state index >= 15 is 0 Å². The third kappa shape index (κ3) is 2.92. The molecule has 3 rings (SSSR count). The molecular formula is C16H16N4OS. The summed E-state index contributed by atoms with van der Waals surface area (Å²) in [4.78, 5) is 17.6. The van der Waals surface area contributed by atoms with E-state index in [1.54, 1.807) is 6.07 Å². The molecule has 0 aliphatic rings. The molecule has 112 valence electrons. The number of carbonyl (C=O) groups excluding carboxylic acids is 1. The lowest BCUT2D eigenvalue weighted by molar-refractivity contribution is 0.102. The Morgan fingerprint density at radius 1 is 1.18 bits per heavy atom. The largest absolute Gasteiger partial charge is 0.296 e. The minimum absolute atomic E-state index is 0.236. The zero-order valence-corrected chi connectivity index (χ0v) is 13.4. The third-order valence-electron chi connectivity index (χ3n) is 3.42. The van der Waals surface area contributed by atoms with Crippen molar-refractivity contribution in [2.75, 3.05) is 5.32 Å². The van der Waals surface area contributed by atoms with Crippen LogP contribution in [-0.4, -0.2) is 21.1 Å². The summed E-state index contributed by atoms with van der Waals surface area (Å²) in [6.07, 6.45) is 0. The minimum atomic E-state index is -0.236. The molecule has 0 saturated heterocycles. The summed E-state index contributed by atoms with van der Waals surface area (Å²) in [6, 6.07) is 9.75. The molecule has 0 aliphatic heterocycles. The molecule has 2 aromatic heterocycles. The summed E-state index contributed by atoms with van der Waals surface area (Å²) >= 11 is 1.46. The molecule has 0 aliphatic carbocycles. The highest BCUT2D eigenvalue weighted by Gasteiger charge is 2.13. The maximum atomic E-state index is 12.2. The lowest BCUT2D eigenvalue weighted by Gasteiger charge is -1.97. The fourth-order valence-corrected chi connectivity index (χ4v) is 2.81. The van der Waals surface area contributed by atoms with Gasteiger partial charge in [0.2, 0.25) is 0 Å². The average Bonchev–Trinajstić information content (AvgIpc) is 3.08. The highest BCUT2D eigenvalue weighted by Crippen LogP contribution is 2.22. The Balaban J connectivity index is 1.78. The van der Waals surface area contributed by atoms with Crippen LogP contribution in [0.4, 0.5) is 5.13 Å². The summed E-state index contributed by atoms with van der Waals surface area (Å²) in [7, 11) is 0. The maximum Gasteiger partial charge on any atom is 0.275 e. The van der Waals surface area contributed by atoms with E-state index in [4.69, 9.17) is 0 Å². The number of H-pyrrole nitrogens is 1. The van der Waals surface area contributed by atoms with E-state index in [2.05, 4.69) is 20.5 Å². The third-order valence-corrected chi connectivity index (χ3v) is 4.41. The normalized spacial score (nSPS) is 10.7. The molecule has 6 heteroatoms. The molecule has 1 aromatic carbocycles. The zero-order chi connectivity index (χ0) is 15.7. The Morgan fingerprint density at radius 2 is 1.91 bits per heavy atom. The van der Waals surface area contributed by atoms with E-state index in [9.17, 15) is 4.79 Å². The van der Waals surface area contributed by atoms with Crippen LogP contribution in [-0.2, 0) is 0 Å². The quantitative estimate of drug-likeness (QED) is 0.774. The number of hydrogen-bond acceptors (Lipinski definition) is 4. The minimum Gasteiger partial charge on any atom is -0.296 e. The van der Waals surface area contributed by atoms with E-state index < -0.39 is 0 Å². The Labute approximate surface area is 132 Å². The van der Waals surface area contributed by atoms with Gasteiger partial charge in [-0.2, -0.15) is 5.10 Å². The second kappa shape index (κ2) is 5.73. The lowest BCUT2D eigenvalue weighted by Crippen LogP contribution is -2.12. The van der Waals surface area contributed by atoms with Crippen LogP contribution < -0.4 is 5.32 Å². The fraction of sp³-hybridized carbons (Fsp3) is 0.188. The van der Waals surface area contributed by atoms with Crippen LogP contribution in [0, 0.1) is 20.8 Å². The number of nitrogens with zero attached hydrogens (tertiary/aromatic N) is 2. The van der Waals surface area contributed by atoms with Crippen molar-refractivity contribution in [3.05, 3.63) is 52.2 Å². The van der Waals surface area contributed by atoms with Crippen LogP contribution in [0.25, 0.3) is 11.3 Å². The van der Waals surface area contributed by atoms with Crippen molar-refractivity contribution in [3.63, 3.8) is 0 Å². The second-order valence-corrected chi connectivity index (χ2v) is 6.35. The Hall–Kier alpha value is -2.47. The maximum absolute atomic E-state index is 12.2. The van der Waals surface area contributed by atoms with Gasteiger partial charge in [-0.25, -0.2) is 4.98 Å². The Kier molecular flexibility index (Phi) is 3.77. The number of hydrogen-bond donors (Lipinski definition) is 2. The van der Waals surface area contributed by atoms with Gasteiger partial charge in [-0.3, -0.25) is 15.2 Å². The average molecular weight is 312 g/mol. The SMILES string of the molecule is Cc1ccc(-c2cc(C(=O)Nc3nc(C)c(C)s3)[nH]n2)cc1. The van der Waals surface area contributed by atoms with Crippen LogP contribution in [0.1, 0.15) is 26.6 Å². The second-order valence-electron chi connectivity index (χ2n) is 5.15. The topological polar surface area (TPSA) is 70.7 Å². The van der Waals surface area contributed by atoms with E-state index in [1.807, 2.05) is 45.0 Å². The molecular weight excluding hydrogens is 296 g/mol. The summed E-state index contributed by atoms with van der Waals surface area (Å²) in [5, 5.41) is 10.4. The Morgan fingerprint density at radius 3 is 2.55 bits per heavy atom. The summed E-state index contributed by atoms with van der Waals surface area (Å²) in [6.45, 7) is 5.94. The first-order chi connectivity index (χ1) is 10.5. The number of nitrogens with one attached hydrogen (secondary N) is 2. The molecule has 0 atom stereocenters. The van der Waals surface area contributed by atoms with Crippen molar-refractivity contribution < 1.29 is 4.79 Å². The van der Waals surface area contributed by atoms with Gasteiger partial charge in [-0.15, -0.1) is 11.3 Å². The van der Waals surface area contributed by atoms with E-state index in [0.29, 0.717) is 10.8 Å². The van der Waals surface area contributed by atoms with Crippen molar-refractivity contribution in [1.82, 2.24) is 15.2 Å². The van der Waals surface area contributed by atoms with E-state index in [0.717, 1.165) is 21.8 Å². The zero-order valence-electron chi connectivity index (χ0n) is 12.6. The van der Waals surface area contributed by atoms with Gasteiger partial charge in [0, 0.05) is 10.4 Å². The van der Waals surface area contributed by atoms with Crippen molar-refractivity contribution in [2.24, 2.45) is 0 Å². The summed E-state index contributed by atoms with van der Waals surface area (Å²) < 4.78 is 0. The first-order valence-electron chi connectivity index (χ1n) is 6.91. The van der Waals surface area contributed by atoms with Crippen molar-refractivity contribution >= 4 is 22.4 Å². The molecule has 0 spiro atoms. The van der Waals surface area contributed by atoms with Gasteiger partial charge in [0.25, 0.3) is 5.91 Å². The monoisotopic (exact) mass is 312 g/mol. The predicted octanol–water partition coefficient (Wildman–Crippen LogP) is 3.71. The lowest BCUT2D eigenvalue weighted by atomic mass is 10.1. The number of aryl methyl sites for hydroxylation is 3. The molecule has 22 heavy (non-hydrogen) atoms. The van der Waals surface area contributed by atoms with E-state index in [1.165, 1.54) is 16.9 Å². The predicted molar refractivity (Wildman–Crippen MR) is 88.3 cm³/mol. The van der Waals surface area contributed by atoms with Crippen LogP contribution in [0.15, 0.2) is 30.3 Å². The van der Waals surface area contributed by atoms with Gasteiger partial charge in [0.1, 0.15) is 5.69 Å². The summed E-state index contributed by atoms with van der Waals surface area (Å²) in [5.74, 6) is -0.236. The molecule has 0 radical (unpaired) electrons. The standard InChI is InChI=1S/C16H16N4OS/c1-9-4-6-12(7-5-9)13-8-14(20-19-13)15(21)18-16-17-10(2)11(3)22-16/h4-8H,1-3H3,(H,19,20)(H,17,18,21). The van der Waals surface area contributed by atoms with Gasteiger partial charge in [0.05, 0.1) is 11.4 Å². The van der Waals surface area contributed by atoms with Crippen molar-refractivity contribution in [1.29, 1.82) is 0 Å². The molecule has 1 amide bonds. The van der Waals surface area contributed by atoms with Gasteiger partial charge >= 0.3 is 0 Å². The van der Waals surface area contributed by atoms with Gasteiger partial charge in [-0.1, -0.05) is 29.8 Å². The number of aromatic nitrogens is 3. The first-order valence-corrected chi connectivity index (χ1v) is 7.72. The van der Waals surface area contributed by atoms with Crippen molar-refractivity contribution in [2.45, 2.75) is 20.8 Å². The molecule has 5 nitrogen and oxygen atoms in total. The van der Waals surface area contributed by atoms with Gasteiger partial charge in [0.15, 0.2) is 5.13 Å². The number of thiazole rings is 1. The highest BCUT2D eigenvalue weighted by atomic mass is 32.1. The van der Waals surface area contributed by atoms with Crippen LogP contribution in [0.5, 0.6) is 0 Å². The smallest absolute Gasteiger partial charge is 0.275 e. The van der Waals surface area contributed by atoms with E-state index in [-0.39, 0.29) is 5.91 Å². The van der Waals surface area contributed by atoms with Crippen LogP contribution in [0.2, 0.25) is 0 Å². The van der Waals surface area contributed by atoms with Crippen molar-refractivity contribution in [3.8, 4) is 11.3 Å². The molecule has 0 saturated carbocycles. The van der Waals surface area contributed by atoms with Gasteiger partial charge in [-0.05, 0) is 26.8 Å². The number of anilines is 1. The number of amides is 1. The molecule has 0 bridgehead atoms. The number of carbonyl (C=O) groups is 1. The molecule has 2 heterocycles. The molecule has 0 fully saturated rings. The summed E-state index contributed by atoms with van der Waals surface area (Å²) in [5.41, 5.74) is 4.26. The first kappa shape index (κ1) is 14.5. The molecule has 3 aromatic rings. The fourth-order valence-electron chi connectivity index (χ4n) is 2.00. The number of aromatic amines is 1. The van der Waals surface area contributed by atoms with Crippen LogP contribution >= 0.6 is 11.3 Å². The molecule has 2 N–H and O–H groups in total. The molecule has 0 unspecified atom stereocenters. The van der Waals surface area contributed by atoms with Gasteiger partial charge < -0.3 is 0 Å². The Bertz CT molecular complexity index is 798. The van der Waals surface area contributed by atoms with Crippen LogP contribution in [0.3, 0.4) is 0 Å². The number of benzene rings is 1.